The zero-order valence-electron chi connectivity index (χ0n) is 17.6. The Labute approximate surface area is 188 Å². The van der Waals surface area contributed by atoms with E-state index in [1.807, 2.05) is 13.8 Å². The Kier molecular flexibility index (Phi) is 5.32. The van der Waals surface area contributed by atoms with Crippen molar-refractivity contribution in [3.63, 3.8) is 0 Å². The average molecular weight is 463 g/mol. The number of halogens is 3. The monoisotopic (exact) mass is 462 g/mol. The fourth-order valence-corrected chi connectivity index (χ4v) is 4.33. The van der Waals surface area contributed by atoms with E-state index in [0.29, 0.717) is 23.4 Å². The third-order valence-corrected chi connectivity index (χ3v) is 5.94. The molecule has 0 spiro atoms. The first-order valence-corrected chi connectivity index (χ1v) is 10.2. The van der Waals surface area contributed by atoms with E-state index in [1.54, 1.807) is 30.3 Å². The lowest BCUT2D eigenvalue weighted by Crippen LogP contribution is -2.30. The van der Waals surface area contributed by atoms with E-state index in [9.17, 15) is 18.4 Å². The average Bonchev–Trinajstić information content (AvgIpc) is 3.31. The first kappa shape index (κ1) is 22.0. The van der Waals surface area contributed by atoms with Gasteiger partial charge in [-0.25, -0.2) is 0 Å². The number of allylic oxidation sites excluding steroid dienone is 3. The Balaban J connectivity index is 1.62. The summed E-state index contributed by atoms with van der Waals surface area (Å²) < 4.78 is 29.8. The zero-order chi connectivity index (χ0) is 23.3. The molecule has 1 atom stereocenters. The molecule has 168 valence electrons. The van der Waals surface area contributed by atoms with Gasteiger partial charge in [-0.15, -0.1) is 8.78 Å². The molecule has 7 nitrogen and oxygen atoms in total. The van der Waals surface area contributed by atoms with Gasteiger partial charge in [0.05, 0.1) is 11.1 Å². The van der Waals surface area contributed by atoms with Crippen molar-refractivity contribution < 1.29 is 23.1 Å². The molecule has 1 fully saturated rings. The van der Waals surface area contributed by atoms with Gasteiger partial charge < -0.3 is 15.0 Å². The highest BCUT2D eigenvalue weighted by Gasteiger charge is 2.52. The van der Waals surface area contributed by atoms with Gasteiger partial charge in [0.2, 0.25) is 5.91 Å². The number of hydrogen-bond donors (Lipinski definition) is 2. The second-order valence-electron chi connectivity index (χ2n) is 8.31. The minimum absolute atomic E-state index is 0.0174. The largest absolute Gasteiger partial charge is 0.487 e. The summed E-state index contributed by atoms with van der Waals surface area (Å²) in [6.45, 7) is 3.75. The molecule has 2 heterocycles. The molecule has 0 bridgehead atoms. The van der Waals surface area contributed by atoms with Crippen LogP contribution in [0.1, 0.15) is 26.0 Å². The van der Waals surface area contributed by atoms with Crippen LogP contribution in [0.2, 0.25) is 0 Å². The molecular formula is C22H21ClF2N4O3. The maximum Gasteiger partial charge on any atom is 0.487 e. The van der Waals surface area contributed by atoms with E-state index < -0.39 is 11.0 Å². The van der Waals surface area contributed by atoms with Crippen LogP contribution in [0.5, 0.6) is 5.75 Å². The topological polar surface area (TPSA) is 87.3 Å². The molecule has 2 aliphatic rings. The molecule has 0 saturated carbocycles. The number of nitrogens with zero attached hydrogens (tertiary/aromatic N) is 2. The smallest absolute Gasteiger partial charge is 0.420 e. The summed E-state index contributed by atoms with van der Waals surface area (Å²) in [6.07, 6.45) is 3.74. The van der Waals surface area contributed by atoms with Gasteiger partial charge in [-0.2, -0.15) is 5.10 Å². The van der Waals surface area contributed by atoms with Crippen molar-refractivity contribution in [2.45, 2.75) is 25.8 Å². The third kappa shape index (κ3) is 4.00. The number of aromatic nitrogens is 2. The highest BCUT2D eigenvalue weighted by Crippen LogP contribution is 2.51. The summed E-state index contributed by atoms with van der Waals surface area (Å²) in [5, 5.41) is 9.67. The molecule has 1 aliphatic carbocycles. The molecule has 1 saturated heterocycles. The lowest BCUT2D eigenvalue weighted by atomic mass is 9.73. The van der Waals surface area contributed by atoms with E-state index in [-0.39, 0.29) is 23.5 Å². The van der Waals surface area contributed by atoms with Crippen LogP contribution < -0.4 is 10.1 Å². The van der Waals surface area contributed by atoms with Crippen molar-refractivity contribution in [3.8, 4) is 5.75 Å². The SMILES string of the molecule is CN1C(=O)C(C)(C)C2CC(C(=O)Nc3ccc(OC(F)(F)Cl)cc3)=CC(c3ccn[nH]3)=C21. The fraction of sp³-hybridized carbons (Fsp3) is 0.318. The molecule has 1 aromatic carbocycles. The number of aromatic amines is 1. The Bertz CT molecular complexity index is 1120. The van der Waals surface area contributed by atoms with Gasteiger partial charge in [0, 0.05) is 53.3 Å². The van der Waals surface area contributed by atoms with Gasteiger partial charge in [-0.1, -0.05) is 13.8 Å². The van der Waals surface area contributed by atoms with Gasteiger partial charge in [0.15, 0.2) is 0 Å². The summed E-state index contributed by atoms with van der Waals surface area (Å²) >= 11 is 4.77. The van der Waals surface area contributed by atoms with Gasteiger partial charge in [-0.3, -0.25) is 14.7 Å². The van der Waals surface area contributed by atoms with Gasteiger partial charge in [0.1, 0.15) is 5.75 Å². The Morgan fingerprint density at radius 1 is 1.31 bits per heavy atom. The van der Waals surface area contributed by atoms with Crippen molar-refractivity contribution in [2.24, 2.45) is 11.3 Å². The van der Waals surface area contributed by atoms with Crippen LogP contribution in [-0.4, -0.2) is 39.5 Å². The molecular weight excluding hydrogens is 442 g/mol. The van der Waals surface area contributed by atoms with Crippen molar-refractivity contribution in [3.05, 3.63) is 59.6 Å². The highest BCUT2D eigenvalue weighted by atomic mass is 35.5. The van der Waals surface area contributed by atoms with Crippen LogP contribution in [0.25, 0.3) is 5.57 Å². The van der Waals surface area contributed by atoms with E-state index in [0.717, 1.165) is 11.3 Å². The molecule has 2 amide bonds. The van der Waals surface area contributed by atoms with Crippen LogP contribution >= 0.6 is 11.6 Å². The lowest BCUT2D eigenvalue weighted by Gasteiger charge is -2.29. The van der Waals surface area contributed by atoms with Crippen LogP contribution in [0.4, 0.5) is 14.5 Å². The zero-order valence-corrected chi connectivity index (χ0v) is 18.3. The van der Waals surface area contributed by atoms with Crippen LogP contribution in [0.3, 0.4) is 0 Å². The molecule has 2 N–H and O–H groups in total. The molecule has 10 heteroatoms. The standard InChI is InChI=1S/C22H21ClF2N4O3/c1-21(2)16-11-12(10-15(17-8-9-26-28-17)18(16)29(3)20(21)31)19(30)27-13-4-6-14(7-5-13)32-22(23,24)25/h4-10,16H,11H2,1-3H3,(H,26,28)(H,27,30). The number of rotatable bonds is 5. The van der Waals surface area contributed by atoms with Crippen molar-refractivity contribution >= 4 is 34.7 Å². The highest BCUT2D eigenvalue weighted by molar-refractivity contribution is 6.20. The number of carbonyl (C=O) groups is 2. The van der Waals surface area contributed by atoms with Gasteiger partial charge in [0.25, 0.3) is 5.91 Å². The molecule has 1 unspecified atom stereocenters. The van der Waals surface area contributed by atoms with E-state index in [4.69, 9.17) is 11.6 Å². The normalized spacial score (nSPS) is 20.2. The van der Waals surface area contributed by atoms with Crippen molar-refractivity contribution in [2.75, 3.05) is 12.4 Å². The summed E-state index contributed by atoms with van der Waals surface area (Å²) in [5.41, 5.74) is -1.31. The predicted octanol–water partition coefficient (Wildman–Crippen LogP) is 4.37. The lowest BCUT2D eigenvalue weighted by molar-refractivity contribution is -0.133. The Morgan fingerprint density at radius 2 is 2.00 bits per heavy atom. The number of ether oxygens (including phenoxy) is 1. The molecule has 1 aromatic heterocycles. The summed E-state index contributed by atoms with van der Waals surface area (Å²) in [5.74, 6) is -0.694. The van der Waals surface area contributed by atoms with Gasteiger partial charge in [-0.05, 0) is 42.8 Å². The fourth-order valence-electron chi connectivity index (χ4n) is 4.24. The number of benzene rings is 1. The number of hydrogen-bond acceptors (Lipinski definition) is 4. The molecule has 1 aliphatic heterocycles. The van der Waals surface area contributed by atoms with Crippen LogP contribution in [0.15, 0.2) is 53.9 Å². The molecule has 2 aromatic rings. The Hall–Kier alpha value is -3.20. The predicted molar refractivity (Wildman–Crippen MR) is 115 cm³/mol. The maximum atomic E-state index is 13.1. The van der Waals surface area contributed by atoms with Crippen molar-refractivity contribution in [1.82, 2.24) is 15.1 Å². The molecule has 0 radical (unpaired) electrons. The number of fused-ring (bicyclic) bond motifs is 1. The molecule has 32 heavy (non-hydrogen) atoms. The summed E-state index contributed by atoms with van der Waals surface area (Å²) in [7, 11) is 1.74. The number of carbonyl (C=O) groups excluding carboxylic acids is 2. The first-order chi connectivity index (χ1) is 15.0. The minimum Gasteiger partial charge on any atom is -0.420 e. The van der Waals surface area contributed by atoms with Crippen LogP contribution in [0, 0.1) is 11.3 Å². The van der Waals surface area contributed by atoms with Crippen molar-refractivity contribution in [1.29, 1.82) is 0 Å². The molecule has 4 rings (SSSR count). The quantitative estimate of drug-likeness (QED) is 0.646. The maximum absolute atomic E-state index is 13.1. The second-order valence-corrected chi connectivity index (χ2v) is 8.75. The van der Waals surface area contributed by atoms with E-state index >= 15 is 0 Å². The summed E-state index contributed by atoms with van der Waals surface area (Å²) in [6, 6.07) is 7.22. The van der Waals surface area contributed by atoms with E-state index in [2.05, 4.69) is 20.3 Å². The number of H-pyrrole nitrogens is 1. The second kappa shape index (κ2) is 7.74. The van der Waals surface area contributed by atoms with Crippen LogP contribution in [-0.2, 0) is 9.59 Å². The number of likely N-dealkylation sites (tertiary alicyclic amines) is 1. The summed E-state index contributed by atoms with van der Waals surface area (Å²) in [4.78, 5) is 27.6. The number of anilines is 1. The van der Waals surface area contributed by atoms with E-state index in [1.165, 1.54) is 24.3 Å². The first-order valence-electron chi connectivity index (χ1n) is 9.87. The number of alkyl halides is 3. The van der Waals surface area contributed by atoms with Gasteiger partial charge >= 0.3 is 5.57 Å². The number of amides is 2. The minimum atomic E-state index is -3.82. The third-order valence-electron chi connectivity index (χ3n) is 5.87. The Morgan fingerprint density at radius 3 is 2.59 bits per heavy atom. The number of nitrogens with one attached hydrogen (secondary N) is 2.